The van der Waals surface area contributed by atoms with E-state index in [1.165, 1.54) is 12.3 Å². The Bertz CT molecular complexity index is 1640. The zero-order valence-electron chi connectivity index (χ0n) is 17.6. The SMILES string of the molecule is O=C(Nc1cccc2cc(C(=O)Nc3ccc(Br)cc3-c3noc(=O)[nH]3)[nH]c12)c1ccc(Cl)nc1. The Balaban J connectivity index is 1.42. The molecule has 12 heteroatoms. The molecule has 0 spiro atoms. The van der Waals surface area contributed by atoms with E-state index in [-0.39, 0.29) is 22.6 Å². The molecular weight excluding hydrogens is 540 g/mol. The number of fused-ring (bicyclic) bond motifs is 1. The molecule has 0 aliphatic rings. The zero-order chi connectivity index (χ0) is 24.5. The average Bonchev–Trinajstić information content (AvgIpc) is 3.47. The zero-order valence-corrected chi connectivity index (χ0v) is 19.9. The van der Waals surface area contributed by atoms with Gasteiger partial charge in [0.1, 0.15) is 10.8 Å². The number of halogens is 2. The van der Waals surface area contributed by atoms with Gasteiger partial charge in [-0.3, -0.25) is 19.1 Å². The van der Waals surface area contributed by atoms with Crippen molar-refractivity contribution in [1.82, 2.24) is 20.1 Å². The number of carbonyl (C=O) groups excluding carboxylic acids is 2. The van der Waals surface area contributed by atoms with Crippen LogP contribution in [0.5, 0.6) is 0 Å². The fourth-order valence-electron chi connectivity index (χ4n) is 3.44. The van der Waals surface area contributed by atoms with E-state index in [9.17, 15) is 14.4 Å². The van der Waals surface area contributed by atoms with Crippen molar-refractivity contribution in [3.8, 4) is 11.4 Å². The Morgan fingerprint density at radius 2 is 1.80 bits per heavy atom. The number of H-pyrrole nitrogens is 2. The molecule has 2 aromatic carbocycles. The Labute approximate surface area is 209 Å². The van der Waals surface area contributed by atoms with Crippen LogP contribution in [0.25, 0.3) is 22.3 Å². The molecule has 2 amide bonds. The normalized spacial score (nSPS) is 10.9. The first-order valence-corrected chi connectivity index (χ1v) is 11.3. The van der Waals surface area contributed by atoms with E-state index in [2.05, 4.69) is 51.2 Å². The van der Waals surface area contributed by atoms with Crippen molar-refractivity contribution < 1.29 is 14.1 Å². The lowest BCUT2D eigenvalue weighted by molar-refractivity contribution is 0.101. The van der Waals surface area contributed by atoms with Gasteiger partial charge in [0.05, 0.1) is 22.5 Å². The third kappa shape index (κ3) is 4.72. The van der Waals surface area contributed by atoms with Gasteiger partial charge in [0.25, 0.3) is 11.8 Å². The Hall–Kier alpha value is -4.22. The third-order valence-electron chi connectivity index (χ3n) is 5.06. The van der Waals surface area contributed by atoms with Gasteiger partial charge in [-0.1, -0.05) is 44.8 Å². The molecule has 0 aliphatic heterocycles. The molecule has 5 aromatic rings. The van der Waals surface area contributed by atoms with Gasteiger partial charge in [-0.25, -0.2) is 9.78 Å². The highest BCUT2D eigenvalue weighted by Gasteiger charge is 2.17. The lowest BCUT2D eigenvalue weighted by Crippen LogP contribution is -2.14. The summed E-state index contributed by atoms with van der Waals surface area (Å²) in [7, 11) is 0. The summed E-state index contributed by atoms with van der Waals surface area (Å²) in [6.07, 6.45) is 1.38. The molecule has 4 N–H and O–H groups in total. The van der Waals surface area contributed by atoms with E-state index in [1.807, 2.05) is 6.07 Å². The quantitative estimate of drug-likeness (QED) is 0.229. The third-order valence-corrected chi connectivity index (χ3v) is 5.78. The predicted molar refractivity (Wildman–Crippen MR) is 134 cm³/mol. The molecule has 0 atom stereocenters. The van der Waals surface area contributed by atoms with Crippen molar-refractivity contribution in [2.45, 2.75) is 0 Å². The first-order chi connectivity index (χ1) is 16.9. The molecule has 10 nitrogen and oxygen atoms in total. The average molecular weight is 554 g/mol. The number of amides is 2. The number of nitrogens with one attached hydrogen (secondary N) is 4. The molecule has 3 heterocycles. The van der Waals surface area contributed by atoms with Crippen LogP contribution in [0, 0.1) is 0 Å². The fraction of sp³-hybridized carbons (Fsp3) is 0. The summed E-state index contributed by atoms with van der Waals surface area (Å²) in [6.45, 7) is 0. The number of anilines is 2. The highest BCUT2D eigenvalue weighted by atomic mass is 79.9. The van der Waals surface area contributed by atoms with Crippen molar-refractivity contribution >= 4 is 61.6 Å². The number of benzene rings is 2. The Morgan fingerprint density at radius 1 is 0.971 bits per heavy atom. The number of nitrogens with zero attached hydrogens (tertiary/aromatic N) is 2. The van der Waals surface area contributed by atoms with Crippen LogP contribution in [0.2, 0.25) is 5.15 Å². The van der Waals surface area contributed by atoms with E-state index < -0.39 is 11.7 Å². The van der Waals surface area contributed by atoms with Crippen LogP contribution in [-0.2, 0) is 0 Å². The number of para-hydroxylation sites is 1. The van der Waals surface area contributed by atoms with Crippen LogP contribution in [0.1, 0.15) is 20.8 Å². The van der Waals surface area contributed by atoms with Crippen LogP contribution >= 0.6 is 27.5 Å². The highest BCUT2D eigenvalue weighted by Crippen LogP contribution is 2.30. The van der Waals surface area contributed by atoms with Gasteiger partial charge in [-0.05, 0) is 42.5 Å². The maximum Gasteiger partial charge on any atom is 0.439 e. The van der Waals surface area contributed by atoms with Crippen molar-refractivity contribution in [2.24, 2.45) is 0 Å². The smallest absolute Gasteiger partial charge is 0.349 e. The number of aromatic nitrogens is 4. The lowest BCUT2D eigenvalue weighted by atomic mass is 10.1. The van der Waals surface area contributed by atoms with Crippen LogP contribution in [-0.4, -0.2) is 31.9 Å². The van der Waals surface area contributed by atoms with Crippen LogP contribution in [0.3, 0.4) is 0 Å². The second-order valence-electron chi connectivity index (χ2n) is 7.36. The molecule has 174 valence electrons. The number of hydrogen-bond donors (Lipinski definition) is 4. The van der Waals surface area contributed by atoms with Gasteiger partial charge >= 0.3 is 5.76 Å². The first-order valence-electron chi connectivity index (χ1n) is 10.1. The largest absolute Gasteiger partial charge is 0.439 e. The monoisotopic (exact) mass is 552 g/mol. The minimum absolute atomic E-state index is 0.171. The second-order valence-corrected chi connectivity index (χ2v) is 8.67. The van der Waals surface area contributed by atoms with E-state index >= 15 is 0 Å². The first kappa shape index (κ1) is 22.6. The summed E-state index contributed by atoms with van der Waals surface area (Å²) < 4.78 is 5.30. The minimum Gasteiger partial charge on any atom is -0.349 e. The standard InChI is InChI=1S/C23H14BrClN6O4/c24-13-5-6-15(14(9-13)20-30-23(34)35-31-20)28-22(33)17-8-11-2-1-3-16(19(11)27-17)29-21(32)12-4-7-18(25)26-10-12/h1-10,27H,(H,28,33)(H,29,32)(H,30,31,34). The van der Waals surface area contributed by atoms with Gasteiger partial charge in [-0.2, -0.15) is 0 Å². The lowest BCUT2D eigenvalue weighted by Gasteiger charge is -2.09. The molecular formula is C23H14BrClN6O4. The van der Waals surface area contributed by atoms with Crippen molar-refractivity contribution in [1.29, 1.82) is 0 Å². The minimum atomic E-state index is -0.711. The highest BCUT2D eigenvalue weighted by molar-refractivity contribution is 9.10. The maximum absolute atomic E-state index is 13.1. The van der Waals surface area contributed by atoms with Gasteiger partial charge in [-0.15, -0.1) is 0 Å². The van der Waals surface area contributed by atoms with Gasteiger partial charge in [0.2, 0.25) is 0 Å². The van der Waals surface area contributed by atoms with E-state index in [4.69, 9.17) is 11.6 Å². The maximum atomic E-state index is 13.1. The summed E-state index contributed by atoms with van der Waals surface area (Å²) in [5, 5.41) is 10.3. The molecule has 0 saturated heterocycles. The van der Waals surface area contributed by atoms with Gasteiger partial charge in [0.15, 0.2) is 5.82 Å². The Kier molecular flexibility index (Phi) is 5.93. The number of rotatable bonds is 5. The molecule has 0 fully saturated rings. The number of carbonyl (C=O) groups is 2. The van der Waals surface area contributed by atoms with Gasteiger partial charge < -0.3 is 15.6 Å². The van der Waals surface area contributed by atoms with Gasteiger partial charge in [0, 0.05) is 21.6 Å². The molecule has 0 radical (unpaired) electrons. The topological polar surface area (TPSA) is 146 Å². The molecule has 0 saturated carbocycles. The molecule has 5 rings (SSSR count). The summed E-state index contributed by atoms with van der Waals surface area (Å²) >= 11 is 9.16. The molecule has 0 bridgehead atoms. The summed E-state index contributed by atoms with van der Waals surface area (Å²) in [4.78, 5) is 46.5. The second kappa shape index (κ2) is 9.20. The molecule has 35 heavy (non-hydrogen) atoms. The summed E-state index contributed by atoms with van der Waals surface area (Å²) in [5.41, 5.74) is 2.53. The molecule has 0 aliphatic carbocycles. The predicted octanol–water partition coefficient (Wildman–Crippen LogP) is 4.83. The number of pyridine rings is 1. The van der Waals surface area contributed by atoms with Crippen molar-refractivity contribution in [3.05, 3.63) is 92.2 Å². The van der Waals surface area contributed by atoms with E-state index in [0.717, 1.165) is 9.86 Å². The van der Waals surface area contributed by atoms with E-state index in [0.29, 0.717) is 28.0 Å². The molecule has 0 unspecified atom stereocenters. The van der Waals surface area contributed by atoms with Crippen molar-refractivity contribution in [3.63, 3.8) is 0 Å². The Morgan fingerprint density at radius 3 is 2.54 bits per heavy atom. The van der Waals surface area contributed by atoms with E-state index in [1.54, 1.807) is 42.5 Å². The number of hydrogen-bond acceptors (Lipinski definition) is 6. The fourth-order valence-corrected chi connectivity index (χ4v) is 3.92. The molecule has 3 aromatic heterocycles. The van der Waals surface area contributed by atoms with Crippen LogP contribution < -0.4 is 16.4 Å². The summed E-state index contributed by atoms with van der Waals surface area (Å²) in [6, 6.07) is 15.1. The number of aromatic amines is 2. The summed E-state index contributed by atoms with van der Waals surface area (Å²) in [5.74, 6) is -1.35. The van der Waals surface area contributed by atoms with Crippen LogP contribution in [0.4, 0.5) is 11.4 Å². The van der Waals surface area contributed by atoms with Crippen molar-refractivity contribution in [2.75, 3.05) is 10.6 Å². The van der Waals surface area contributed by atoms with Crippen LogP contribution in [0.15, 0.2) is 74.6 Å².